The van der Waals surface area contributed by atoms with Gasteiger partial charge in [0.15, 0.2) is 0 Å². The normalized spacial score (nSPS) is 26.2. The molecule has 0 spiro atoms. The molecule has 0 radical (unpaired) electrons. The van der Waals surface area contributed by atoms with Crippen LogP contribution in [0.5, 0.6) is 0 Å². The van der Waals surface area contributed by atoms with Crippen molar-refractivity contribution in [2.75, 3.05) is 19.6 Å². The molecule has 1 aliphatic heterocycles. The first kappa shape index (κ1) is 18.0. The van der Waals surface area contributed by atoms with Gasteiger partial charge in [0.1, 0.15) is 0 Å². The quantitative estimate of drug-likeness (QED) is 0.694. The summed E-state index contributed by atoms with van der Waals surface area (Å²) in [5.41, 5.74) is 0.479. The molecule has 2 heteroatoms. The predicted molar refractivity (Wildman–Crippen MR) is 90.3 cm³/mol. The maximum absolute atomic E-state index is 3.77. The monoisotopic (exact) mass is 282 g/mol. The van der Waals surface area contributed by atoms with Crippen LogP contribution in [0.2, 0.25) is 0 Å². The molecule has 1 rings (SSSR count). The molecule has 120 valence electrons. The molecule has 0 aromatic carbocycles. The van der Waals surface area contributed by atoms with Gasteiger partial charge in [-0.25, -0.2) is 0 Å². The number of hydrogen-bond donors (Lipinski definition) is 1. The lowest BCUT2D eigenvalue weighted by Gasteiger charge is -2.37. The lowest BCUT2D eigenvalue weighted by atomic mass is 9.86. The lowest BCUT2D eigenvalue weighted by molar-refractivity contribution is 0.141. The highest BCUT2D eigenvalue weighted by atomic mass is 15.1. The van der Waals surface area contributed by atoms with Crippen LogP contribution < -0.4 is 5.32 Å². The van der Waals surface area contributed by atoms with Crippen LogP contribution in [-0.2, 0) is 0 Å². The molecule has 2 unspecified atom stereocenters. The molecule has 1 N–H and O–H groups in total. The fourth-order valence-corrected chi connectivity index (χ4v) is 3.41. The van der Waals surface area contributed by atoms with Crippen molar-refractivity contribution >= 4 is 0 Å². The first-order chi connectivity index (χ1) is 9.46. The zero-order chi connectivity index (χ0) is 15.0. The van der Waals surface area contributed by atoms with Gasteiger partial charge in [0.25, 0.3) is 0 Å². The van der Waals surface area contributed by atoms with Crippen LogP contribution in [0.4, 0.5) is 0 Å². The lowest BCUT2D eigenvalue weighted by Crippen LogP contribution is -2.46. The first-order valence-electron chi connectivity index (χ1n) is 8.95. The maximum atomic E-state index is 3.77. The number of hydrogen-bond acceptors (Lipinski definition) is 2. The van der Waals surface area contributed by atoms with E-state index in [0.717, 1.165) is 6.04 Å². The third-order valence-corrected chi connectivity index (χ3v) is 4.79. The average Bonchev–Trinajstić information content (AvgIpc) is 2.38. The van der Waals surface area contributed by atoms with E-state index in [2.05, 4.69) is 44.8 Å². The third kappa shape index (κ3) is 7.08. The van der Waals surface area contributed by atoms with Crippen molar-refractivity contribution in [3.05, 3.63) is 0 Å². The molecule has 20 heavy (non-hydrogen) atoms. The highest BCUT2D eigenvalue weighted by Gasteiger charge is 2.24. The summed E-state index contributed by atoms with van der Waals surface area (Å²) in [7, 11) is 0. The van der Waals surface area contributed by atoms with E-state index >= 15 is 0 Å². The molecule has 0 aromatic heterocycles. The largest absolute Gasteiger partial charge is 0.311 e. The highest BCUT2D eigenvalue weighted by Crippen LogP contribution is 2.26. The van der Waals surface area contributed by atoms with Gasteiger partial charge in [0.05, 0.1) is 0 Å². The Labute approximate surface area is 127 Å². The molecule has 0 saturated carbocycles. The van der Waals surface area contributed by atoms with Crippen molar-refractivity contribution in [2.45, 2.75) is 91.6 Å². The van der Waals surface area contributed by atoms with Gasteiger partial charge in [0, 0.05) is 18.6 Å². The second-order valence-corrected chi connectivity index (χ2v) is 7.65. The van der Waals surface area contributed by atoms with E-state index in [1.165, 1.54) is 64.6 Å². The minimum atomic E-state index is 0.479. The Morgan fingerprint density at radius 1 is 1.10 bits per heavy atom. The predicted octanol–water partition coefficient (Wildman–Crippen LogP) is 4.45. The van der Waals surface area contributed by atoms with Gasteiger partial charge < -0.3 is 10.2 Å². The molecule has 1 saturated heterocycles. The number of nitrogens with one attached hydrogen (secondary N) is 1. The Balaban J connectivity index is 2.43. The Kier molecular flexibility index (Phi) is 8.13. The SMILES string of the molecule is CCCCCC(C)(C)CN1CCC(C)NC(CC)CC1. The summed E-state index contributed by atoms with van der Waals surface area (Å²) in [6.45, 7) is 15.7. The summed E-state index contributed by atoms with van der Waals surface area (Å²) < 4.78 is 0. The van der Waals surface area contributed by atoms with Crippen molar-refractivity contribution in [3.63, 3.8) is 0 Å². The van der Waals surface area contributed by atoms with E-state index in [9.17, 15) is 0 Å². The summed E-state index contributed by atoms with van der Waals surface area (Å²) in [5.74, 6) is 0. The second kappa shape index (κ2) is 9.04. The summed E-state index contributed by atoms with van der Waals surface area (Å²) >= 11 is 0. The molecule has 0 aliphatic carbocycles. The maximum Gasteiger partial charge on any atom is 0.00790 e. The van der Waals surface area contributed by atoms with Crippen LogP contribution in [0, 0.1) is 5.41 Å². The van der Waals surface area contributed by atoms with Gasteiger partial charge in [-0.05, 0) is 51.1 Å². The minimum absolute atomic E-state index is 0.479. The third-order valence-electron chi connectivity index (χ3n) is 4.79. The number of rotatable bonds is 7. The fraction of sp³-hybridized carbons (Fsp3) is 1.00. The van der Waals surface area contributed by atoms with Gasteiger partial charge in [0.2, 0.25) is 0 Å². The van der Waals surface area contributed by atoms with Crippen molar-refractivity contribution in [2.24, 2.45) is 5.41 Å². The van der Waals surface area contributed by atoms with Gasteiger partial charge in [-0.15, -0.1) is 0 Å². The molecule has 1 heterocycles. The zero-order valence-corrected chi connectivity index (χ0v) is 14.7. The van der Waals surface area contributed by atoms with Crippen LogP contribution in [0.1, 0.15) is 79.6 Å². The highest BCUT2D eigenvalue weighted by molar-refractivity contribution is 4.80. The summed E-state index contributed by atoms with van der Waals surface area (Å²) in [5, 5.41) is 3.77. The van der Waals surface area contributed by atoms with Crippen molar-refractivity contribution in [1.29, 1.82) is 0 Å². The topological polar surface area (TPSA) is 15.3 Å². The molecule has 2 atom stereocenters. The van der Waals surface area contributed by atoms with Gasteiger partial charge in [-0.2, -0.15) is 0 Å². The van der Waals surface area contributed by atoms with Crippen LogP contribution in [0.25, 0.3) is 0 Å². The summed E-state index contributed by atoms with van der Waals surface area (Å²) in [4.78, 5) is 2.73. The Hall–Kier alpha value is -0.0800. The second-order valence-electron chi connectivity index (χ2n) is 7.65. The van der Waals surface area contributed by atoms with Crippen LogP contribution in [0.3, 0.4) is 0 Å². The molecule has 0 aromatic rings. The zero-order valence-electron chi connectivity index (χ0n) is 14.7. The van der Waals surface area contributed by atoms with E-state index < -0.39 is 0 Å². The summed E-state index contributed by atoms with van der Waals surface area (Å²) in [6, 6.07) is 1.39. The van der Waals surface area contributed by atoms with Crippen LogP contribution in [0.15, 0.2) is 0 Å². The Morgan fingerprint density at radius 2 is 1.80 bits per heavy atom. The first-order valence-corrected chi connectivity index (χ1v) is 8.95. The van der Waals surface area contributed by atoms with Gasteiger partial charge >= 0.3 is 0 Å². The molecular weight excluding hydrogens is 244 g/mol. The Morgan fingerprint density at radius 3 is 2.45 bits per heavy atom. The van der Waals surface area contributed by atoms with Gasteiger partial charge in [-0.1, -0.05) is 47.0 Å². The van der Waals surface area contributed by atoms with E-state index in [1.54, 1.807) is 0 Å². The van der Waals surface area contributed by atoms with Crippen LogP contribution in [-0.4, -0.2) is 36.6 Å². The standard InChI is InChI=1S/C18H38N2/c1-6-8-9-12-18(4,5)15-20-13-10-16(3)19-17(7-2)11-14-20/h16-17,19H,6-15H2,1-5H3. The van der Waals surface area contributed by atoms with E-state index in [1.807, 2.05) is 0 Å². The van der Waals surface area contributed by atoms with Crippen LogP contribution >= 0.6 is 0 Å². The Bertz CT molecular complexity index is 250. The minimum Gasteiger partial charge on any atom is -0.311 e. The van der Waals surface area contributed by atoms with E-state index in [4.69, 9.17) is 0 Å². The molecule has 1 fully saturated rings. The fourth-order valence-electron chi connectivity index (χ4n) is 3.41. The molecule has 1 aliphatic rings. The van der Waals surface area contributed by atoms with E-state index in [0.29, 0.717) is 11.5 Å². The number of nitrogens with zero attached hydrogens (tertiary/aromatic N) is 1. The van der Waals surface area contributed by atoms with Crippen molar-refractivity contribution in [3.8, 4) is 0 Å². The molecule has 2 nitrogen and oxygen atoms in total. The molecule has 0 bridgehead atoms. The van der Waals surface area contributed by atoms with Crippen molar-refractivity contribution in [1.82, 2.24) is 10.2 Å². The van der Waals surface area contributed by atoms with Gasteiger partial charge in [-0.3, -0.25) is 0 Å². The molecule has 0 amide bonds. The van der Waals surface area contributed by atoms with Crippen molar-refractivity contribution < 1.29 is 0 Å². The van der Waals surface area contributed by atoms with E-state index in [-0.39, 0.29) is 0 Å². The smallest absolute Gasteiger partial charge is 0.00790 e. The average molecular weight is 283 g/mol. The number of unbranched alkanes of at least 4 members (excludes halogenated alkanes) is 2. The molecular formula is C18H38N2. The summed E-state index contributed by atoms with van der Waals surface area (Å²) in [6.07, 6.45) is 9.37.